The van der Waals surface area contributed by atoms with Gasteiger partial charge in [-0.15, -0.1) is 11.8 Å². The molecule has 0 bridgehead atoms. The number of hydrogen-bond donors (Lipinski definition) is 0. The third-order valence-electron chi connectivity index (χ3n) is 3.08. The van der Waals surface area contributed by atoms with Crippen LogP contribution in [0.15, 0.2) is 53.4 Å². The Morgan fingerprint density at radius 1 is 1.05 bits per heavy atom. The van der Waals surface area contributed by atoms with Crippen LogP contribution >= 0.6 is 11.8 Å². The van der Waals surface area contributed by atoms with Crippen molar-refractivity contribution in [1.29, 1.82) is 0 Å². The lowest BCUT2D eigenvalue weighted by molar-refractivity contribution is 0.0993. The van der Waals surface area contributed by atoms with Crippen LogP contribution in [0.4, 0.5) is 0 Å². The highest BCUT2D eigenvalue weighted by molar-refractivity contribution is 8.00. The summed E-state index contributed by atoms with van der Waals surface area (Å²) in [6, 6.07) is 16.1. The van der Waals surface area contributed by atoms with Gasteiger partial charge in [0, 0.05) is 10.5 Å². The van der Waals surface area contributed by atoms with Crippen LogP contribution in [0.5, 0.6) is 0 Å². The lowest BCUT2D eigenvalue weighted by Crippen LogP contribution is -2.15. The van der Waals surface area contributed by atoms with Crippen molar-refractivity contribution in [2.45, 2.75) is 30.9 Å². The molecule has 1 unspecified atom stereocenters. The van der Waals surface area contributed by atoms with Crippen LogP contribution in [0.2, 0.25) is 0 Å². The zero-order valence-electron chi connectivity index (χ0n) is 11.5. The van der Waals surface area contributed by atoms with E-state index in [-0.39, 0.29) is 11.0 Å². The van der Waals surface area contributed by atoms with Gasteiger partial charge in [-0.05, 0) is 44.5 Å². The Labute approximate surface area is 119 Å². The summed E-state index contributed by atoms with van der Waals surface area (Å²) < 4.78 is 0. The first-order chi connectivity index (χ1) is 9.08. The number of aryl methyl sites for hydroxylation is 2. The molecule has 0 aliphatic carbocycles. The predicted molar refractivity (Wildman–Crippen MR) is 82.0 cm³/mol. The van der Waals surface area contributed by atoms with Crippen LogP contribution in [0.3, 0.4) is 0 Å². The van der Waals surface area contributed by atoms with Crippen molar-refractivity contribution in [2.24, 2.45) is 0 Å². The van der Waals surface area contributed by atoms with Gasteiger partial charge in [-0.25, -0.2) is 0 Å². The normalized spacial score (nSPS) is 12.2. The van der Waals surface area contributed by atoms with Gasteiger partial charge in [0.25, 0.3) is 0 Å². The van der Waals surface area contributed by atoms with E-state index in [4.69, 9.17) is 0 Å². The van der Waals surface area contributed by atoms with Crippen molar-refractivity contribution in [2.75, 3.05) is 0 Å². The quantitative estimate of drug-likeness (QED) is 0.593. The smallest absolute Gasteiger partial charge is 0.176 e. The second kappa shape index (κ2) is 6.07. The molecule has 2 aromatic carbocycles. The number of hydrogen-bond acceptors (Lipinski definition) is 2. The van der Waals surface area contributed by atoms with Crippen molar-refractivity contribution < 1.29 is 4.79 Å². The van der Waals surface area contributed by atoms with Crippen molar-refractivity contribution in [1.82, 2.24) is 0 Å². The summed E-state index contributed by atoms with van der Waals surface area (Å²) in [6.45, 7) is 5.99. The van der Waals surface area contributed by atoms with Gasteiger partial charge >= 0.3 is 0 Å². The van der Waals surface area contributed by atoms with Crippen LogP contribution in [0, 0.1) is 13.8 Å². The Morgan fingerprint density at radius 2 is 1.74 bits per heavy atom. The number of carbonyl (C=O) groups is 1. The van der Waals surface area contributed by atoms with E-state index in [0.717, 1.165) is 21.6 Å². The summed E-state index contributed by atoms with van der Waals surface area (Å²) >= 11 is 1.61. The number of Topliss-reactive ketones (excluding diaryl/α,β-unsaturated/α-hetero) is 1. The summed E-state index contributed by atoms with van der Waals surface area (Å²) in [5, 5.41) is -0.0668. The van der Waals surface area contributed by atoms with E-state index in [1.807, 2.05) is 69.3 Å². The van der Waals surface area contributed by atoms with Crippen LogP contribution in [-0.2, 0) is 0 Å². The molecule has 0 spiro atoms. The molecule has 0 saturated heterocycles. The van der Waals surface area contributed by atoms with Gasteiger partial charge < -0.3 is 0 Å². The zero-order chi connectivity index (χ0) is 13.8. The lowest BCUT2D eigenvalue weighted by Gasteiger charge is -2.12. The number of benzene rings is 2. The van der Waals surface area contributed by atoms with Crippen LogP contribution < -0.4 is 0 Å². The average molecular weight is 270 g/mol. The van der Waals surface area contributed by atoms with Crippen molar-refractivity contribution in [3.63, 3.8) is 0 Å². The van der Waals surface area contributed by atoms with Crippen molar-refractivity contribution >= 4 is 17.5 Å². The number of rotatable bonds is 4. The van der Waals surface area contributed by atoms with Gasteiger partial charge in [0.1, 0.15) is 0 Å². The average Bonchev–Trinajstić information content (AvgIpc) is 2.42. The number of ketones is 1. The lowest BCUT2D eigenvalue weighted by atomic mass is 10.0. The molecule has 0 heterocycles. The highest BCUT2D eigenvalue weighted by Crippen LogP contribution is 2.26. The van der Waals surface area contributed by atoms with Crippen LogP contribution in [-0.4, -0.2) is 11.0 Å². The molecule has 0 aliphatic rings. The Kier molecular flexibility index (Phi) is 4.43. The molecule has 0 aliphatic heterocycles. The summed E-state index contributed by atoms with van der Waals surface area (Å²) in [6.07, 6.45) is 0. The zero-order valence-corrected chi connectivity index (χ0v) is 12.3. The van der Waals surface area contributed by atoms with Gasteiger partial charge in [-0.2, -0.15) is 0 Å². The van der Waals surface area contributed by atoms with E-state index in [2.05, 4.69) is 0 Å². The monoisotopic (exact) mass is 270 g/mol. The van der Waals surface area contributed by atoms with E-state index >= 15 is 0 Å². The van der Waals surface area contributed by atoms with E-state index in [9.17, 15) is 4.79 Å². The number of thioether (sulfide) groups is 1. The molecule has 0 radical (unpaired) electrons. The molecule has 19 heavy (non-hydrogen) atoms. The standard InChI is InChI=1S/C17H18OS/c1-12-9-10-13(2)16(11-12)17(18)14(3)19-15-7-5-4-6-8-15/h4-11,14H,1-3H3. The van der Waals surface area contributed by atoms with Gasteiger partial charge in [-0.3, -0.25) is 4.79 Å². The second-order valence-electron chi connectivity index (χ2n) is 4.76. The highest BCUT2D eigenvalue weighted by Gasteiger charge is 2.18. The first-order valence-corrected chi connectivity index (χ1v) is 7.29. The SMILES string of the molecule is Cc1ccc(C)c(C(=O)C(C)Sc2ccccc2)c1. The minimum absolute atomic E-state index is 0.0668. The molecule has 0 N–H and O–H groups in total. The Balaban J connectivity index is 2.17. The summed E-state index contributed by atoms with van der Waals surface area (Å²) in [5.74, 6) is 0.204. The van der Waals surface area contributed by atoms with E-state index in [0.29, 0.717) is 0 Å². The second-order valence-corrected chi connectivity index (χ2v) is 6.17. The molecule has 0 saturated carbocycles. The maximum absolute atomic E-state index is 12.5. The van der Waals surface area contributed by atoms with Crippen molar-refractivity contribution in [3.8, 4) is 0 Å². The molecule has 1 atom stereocenters. The van der Waals surface area contributed by atoms with E-state index in [1.54, 1.807) is 11.8 Å². The largest absolute Gasteiger partial charge is 0.293 e. The number of carbonyl (C=O) groups excluding carboxylic acids is 1. The Bertz CT molecular complexity index is 575. The van der Waals surface area contributed by atoms with Gasteiger partial charge in [-0.1, -0.05) is 35.9 Å². The molecule has 1 nitrogen and oxygen atoms in total. The first-order valence-electron chi connectivity index (χ1n) is 6.41. The highest BCUT2D eigenvalue weighted by atomic mass is 32.2. The maximum Gasteiger partial charge on any atom is 0.176 e. The molecular formula is C17H18OS. The topological polar surface area (TPSA) is 17.1 Å². The maximum atomic E-state index is 12.5. The third-order valence-corrected chi connectivity index (χ3v) is 4.20. The molecule has 98 valence electrons. The molecule has 2 heteroatoms. The molecule has 0 fully saturated rings. The summed E-state index contributed by atoms with van der Waals surface area (Å²) in [5.41, 5.74) is 3.03. The van der Waals surface area contributed by atoms with Gasteiger partial charge in [0.15, 0.2) is 5.78 Å². The van der Waals surface area contributed by atoms with Crippen molar-refractivity contribution in [3.05, 3.63) is 65.2 Å². The van der Waals surface area contributed by atoms with Gasteiger partial charge in [0.2, 0.25) is 0 Å². The molecule has 2 rings (SSSR count). The summed E-state index contributed by atoms with van der Waals surface area (Å²) in [4.78, 5) is 13.6. The predicted octanol–water partition coefficient (Wildman–Crippen LogP) is 4.67. The minimum Gasteiger partial charge on any atom is -0.293 e. The molecule has 0 amide bonds. The van der Waals surface area contributed by atoms with Gasteiger partial charge in [0.05, 0.1) is 5.25 Å². The van der Waals surface area contributed by atoms with E-state index in [1.165, 1.54) is 0 Å². The van der Waals surface area contributed by atoms with Crippen LogP contribution in [0.25, 0.3) is 0 Å². The minimum atomic E-state index is -0.0668. The Hall–Kier alpha value is -1.54. The molecule has 0 aromatic heterocycles. The third kappa shape index (κ3) is 3.48. The molecule has 2 aromatic rings. The van der Waals surface area contributed by atoms with Crippen LogP contribution in [0.1, 0.15) is 28.4 Å². The fourth-order valence-electron chi connectivity index (χ4n) is 1.98. The van der Waals surface area contributed by atoms with E-state index < -0.39 is 0 Å². The Morgan fingerprint density at radius 3 is 2.42 bits per heavy atom. The molecular weight excluding hydrogens is 252 g/mol. The first kappa shape index (κ1) is 13.9. The fourth-order valence-corrected chi connectivity index (χ4v) is 2.93. The summed E-state index contributed by atoms with van der Waals surface area (Å²) in [7, 11) is 0. The fraction of sp³-hybridized carbons (Fsp3) is 0.235.